The third kappa shape index (κ3) is 3.39. The molecule has 1 aliphatic heterocycles. The van der Waals surface area contributed by atoms with E-state index >= 15 is 0 Å². The molecule has 2 aliphatic carbocycles. The van der Waals surface area contributed by atoms with Crippen molar-refractivity contribution in [3.05, 3.63) is 0 Å². The lowest BCUT2D eigenvalue weighted by Crippen LogP contribution is -2.48. The van der Waals surface area contributed by atoms with Crippen LogP contribution in [0.3, 0.4) is 0 Å². The average Bonchev–Trinajstić information content (AvgIpc) is 2.76. The molecule has 1 spiro atoms. The van der Waals surface area contributed by atoms with Crippen LogP contribution in [0.15, 0.2) is 0 Å². The lowest BCUT2D eigenvalue weighted by Gasteiger charge is -2.46. The Kier molecular flexibility index (Phi) is 5.04. The van der Waals surface area contributed by atoms with Crippen LogP contribution in [-0.2, 0) is 4.74 Å². The summed E-state index contributed by atoms with van der Waals surface area (Å²) in [5.41, 5.74) is 6.95. The van der Waals surface area contributed by atoms with Crippen LogP contribution >= 0.6 is 0 Å². The third-order valence-corrected chi connectivity index (χ3v) is 6.28. The molecule has 0 aromatic carbocycles. The van der Waals surface area contributed by atoms with Crippen LogP contribution in [0.4, 0.5) is 0 Å². The predicted octanol–water partition coefficient (Wildman–Crippen LogP) is 4.41. The molecule has 3 aliphatic rings. The largest absolute Gasteiger partial charge is 0.375 e. The molecule has 0 amide bonds. The maximum Gasteiger partial charge on any atom is 0.0685 e. The van der Waals surface area contributed by atoms with Crippen LogP contribution in [0.5, 0.6) is 0 Å². The van der Waals surface area contributed by atoms with E-state index in [1.165, 1.54) is 83.5 Å². The van der Waals surface area contributed by atoms with Gasteiger partial charge in [0.15, 0.2) is 0 Å². The molecule has 0 aromatic rings. The number of rotatable bonds is 2. The van der Waals surface area contributed by atoms with Gasteiger partial charge in [0.25, 0.3) is 0 Å². The molecule has 3 fully saturated rings. The van der Waals surface area contributed by atoms with Crippen molar-refractivity contribution in [2.45, 2.75) is 95.1 Å². The highest BCUT2D eigenvalue weighted by molar-refractivity contribution is 4.94. The smallest absolute Gasteiger partial charge is 0.0685 e. The molecule has 2 heteroatoms. The van der Waals surface area contributed by atoms with Gasteiger partial charge in [-0.05, 0) is 50.4 Å². The molecule has 1 saturated heterocycles. The van der Waals surface area contributed by atoms with Crippen molar-refractivity contribution in [1.29, 1.82) is 0 Å². The summed E-state index contributed by atoms with van der Waals surface area (Å²) in [4.78, 5) is 0. The number of hydrogen-bond acceptors (Lipinski definition) is 2. The molecule has 20 heavy (non-hydrogen) atoms. The first-order chi connectivity index (χ1) is 9.79. The number of nitrogens with two attached hydrogens (primary N) is 1. The van der Waals surface area contributed by atoms with Gasteiger partial charge in [-0.1, -0.05) is 44.9 Å². The molecule has 2 unspecified atom stereocenters. The van der Waals surface area contributed by atoms with Crippen molar-refractivity contribution in [3.63, 3.8) is 0 Å². The summed E-state index contributed by atoms with van der Waals surface area (Å²) < 4.78 is 6.24. The van der Waals surface area contributed by atoms with Crippen molar-refractivity contribution in [1.82, 2.24) is 0 Å². The topological polar surface area (TPSA) is 35.2 Å². The van der Waals surface area contributed by atoms with Crippen LogP contribution in [0, 0.1) is 11.8 Å². The van der Waals surface area contributed by atoms with E-state index in [0.717, 1.165) is 18.4 Å². The summed E-state index contributed by atoms with van der Waals surface area (Å²) in [6.45, 7) is 0.963. The Morgan fingerprint density at radius 2 is 1.45 bits per heavy atom. The van der Waals surface area contributed by atoms with E-state index < -0.39 is 0 Å². The van der Waals surface area contributed by atoms with E-state index in [1.54, 1.807) is 0 Å². The molecule has 2 saturated carbocycles. The lowest BCUT2D eigenvalue weighted by atomic mass is 9.71. The fourth-order valence-electron chi connectivity index (χ4n) is 5.02. The molecule has 3 rings (SSSR count). The quantitative estimate of drug-likeness (QED) is 0.760. The molecule has 0 radical (unpaired) electrons. The van der Waals surface area contributed by atoms with Crippen LogP contribution in [0.2, 0.25) is 0 Å². The van der Waals surface area contributed by atoms with Gasteiger partial charge in [0.1, 0.15) is 0 Å². The normalized spacial score (nSPS) is 33.8. The Hall–Kier alpha value is -0.0800. The minimum absolute atomic E-state index is 0.226. The first kappa shape index (κ1) is 14.8. The van der Waals surface area contributed by atoms with Gasteiger partial charge in [-0.2, -0.15) is 0 Å². The zero-order valence-electron chi connectivity index (χ0n) is 13.1. The van der Waals surface area contributed by atoms with Gasteiger partial charge >= 0.3 is 0 Å². The van der Waals surface area contributed by atoms with Gasteiger partial charge in [-0.25, -0.2) is 0 Å². The van der Waals surface area contributed by atoms with Crippen LogP contribution in [0.25, 0.3) is 0 Å². The van der Waals surface area contributed by atoms with Crippen LogP contribution in [0.1, 0.15) is 83.5 Å². The molecule has 0 bridgehead atoms. The van der Waals surface area contributed by atoms with Gasteiger partial charge in [0.05, 0.1) is 5.60 Å². The Morgan fingerprint density at radius 1 is 0.800 bits per heavy atom. The van der Waals surface area contributed by atoms with E-state index in [1.807, 2.05) is 0 Å². The van der Waals surface area contributed by atoms with E-state index in [4.69, 9.17) is 10.5 Å². The molecule has 1 heterocycles. The summed E-state index contributed by atoms with van der Waals surface area (Å²) in [6, 6.07) is 0.441. The van der Waals surface area contributed by atoms with E-state index in [0.29, 0.717) is 6.04 Å². The maximum atomic E-state index is 6.73. The number of hydrogen-bond donors (Lipinski definition) is 1. The van der Waals surface area contributed by atoms with Crippen molar-refractivity contribution in [2.75, 3.05) is 6.61 Å². The lowest BCUT2D eigenvalue weighted by molar-refractivity contribution is -0.122. The summed E-state index contributed by atoms with van der Waals surface area (Å²) >= 11 is 0. The predicted molar refractivity (Wildman–Crippen MR) is 83.7 cm³/mol. The zero-order valence-corrected chi connectivity index (χ0v) is 13.1. The van der Waals surface area contributed by atoms with Crippen molar-refractivity contribution in [3.8, 4) is 0 Å². The first-order valence-electron chi connectivity index (χ1n) is 9.19. The van der Waals surface area contributed by atoms with Crippen LogP contribution < -0.4 is 5.73 Å². The highest BCUT2D eigenvalue weighted by Gasteiger charge is 2.41. The second-order valence-corrected chi connectivity index (χ2v) is 7.67. The van der Waals surface area contributed by atoms with Crippen molar-refractivity contribution in [2.24, 2.45) is 17.6 Å². The second kappa shape index (κ2) is 6.79. The third-order valence-electron chi connectivity index (χ3n) is 6.28. The fourth-order valence-corrected chi connectivity index (χ4v) is 5.02. The molecule has 2 atom stereocenters. The summed E-state index contributed by atoms with van der Waals surface area (Å²) in [6.07, 6.45) is 17.6. The van der Waals surface area contributed by atoms with E-state index in [-0.39, 0.29) is 5.60 Å². The van der Waals surface area contributed by atoms with Gasteiger partial charge in [0.2, 0.25) is 0 Å². The Morgan fingerprint density at radius 3 is 2.15 bits per heavy atom. The standard InChI is InChI=1S/C18H33NO/c19-17(15-8-4-1-2-5-9-15)16-10-13-20-18(14-16)11-6-3-7-12-18/h15-17H,1-14,19H2. The summed E-state index contributed by atoms with van der Waals surface area (Å²) in [5, 5.41) is 0. The van der Waals surface area contributed by atoms with Gasteiger partial charge in [-0.3, -0.25) is 0 Å². The highest BCUT2D eigenvalue weighted by Crippen LogP contribution is 2.43. The first-order valence-corrected chi connectivity index (χ1v) is 9.19. The van der Waals surface area contributed by atoms with Crippen molar-refractivity contribution < 1.29 is 4.74 Å². The minimum atomic E-state index is 0.226. The molecular formula is C18H33NO. The van der Waals surface area contributed by atoms with Gasteiger partial charge in [0, 0.05) is 12.6 Å². The maximum absolute atomic E-state index is 6.73. The molecule has 116 valence electrons. The second-order valence-electron chi connectivity index (χ2n) is 7.67. The van der Waals surface area contributed by atoms with Gasteiger partial charge < -0.3 is 10.5 Å². The molecular weight excluding hydrogens is 246 g/mol. The monoisotopic (exact) mass is 279 g/mol. The van der Waals surface area contributed by atoms with Crippen LogP contribution in [-0.4, -0.2) is 18.2 Å². The van der Waals surface area contributed by atoms with E-state index in [2.05, 4.69) is 0 Å². The van der Waals surface area contributed by atoms with Crippen molar-refractivity contribution >= 4 is 0 Å². The summed E-state index contributed by atoms with van der Waals surface area (Å²) in [5.74, 6) is 1.52. The number of ether oxygens (including phenoxy) is 1. The Labute approximate surface area is 124 Å². The highest BCUT2D eigenvalue weighted by atomic mass is 16.5. The SMILES string of the molecule is NC(C1CCCCCC1)C1CCOC2(CCCCC2)C1. The summed E-state index contributed by atoms with van der Waals surface area (Å²) in [7, 11) is 0. The fraction of sp³-hybridized carbons (Fsp3) is 1.00. The molecule has 2 nitrogen and oxygen atoms in total. The van der Waals surface area contributed by atoms with E-state index in [9.17, 15) is 0 Å². The Bertz CT molecular complexity index is 284. The molecule has 2 N–H and O–H groups in total. The van der Waals surface area contributed by atoms with Gasteiger partial charge in [-0.15, -0.1) is 0 Å². The average molecular weight is 279 g/mol. The zero-order chi connectivity index (χ0) is 13.8. The minimum Gasteiger partial charge on any atom is -0.375 e. The molecule has 0 aromatic heterocycles. The Balaban J connectivity index is 1.60.